The number of phenolic OH excluding ortho intramolecular Hbond substituents is 1. The van der Waals surface area contributed by atoms with Gasteiger partial charge in [0.05, 0.1) is 4.92 Å². The Morgan fingerprint density at radius 2 is 2.07 bits per heavy atom. The molecule has 0 bridgehead atoms. The normalized spacial score (nSPS) is 12.1. The van der Waals surface area contributed by atoms with Gasteiger partial charge in [-0.1, -0.05) is 0 Å². The Balaban J connectivity index is 3.22. The molecule has 0 aliphatic rings. The van der Waals surface area contributed by atoms with Gasteiger partial charge in [0.15, 0.2) is 6.10 Å². The molecule has 1 aromatic rings. The first-order valence-corrected chi connectivity index (χ1v) is 3.81. The average Bonchev–Trinajstić information content (AvgIpc) is 2.16. The number of phenols is 1. The number of nitrogens with zero attached hydrogens (tertiary/aromatic N) is 1. The molecule has 80 valence electrons. The van der Waals surface area contributed by atoms with Gasteiger partial charge >= 0.3 is 5.97 Å². The fourth-order valence-corrected chi connectivity index (χ4v) is 1.01. The number of rotatable bonds is 3. The summed E-state index contributed by atoms with van der Waals surface area (Å²) in [5, 5.41) is 37.1. The molecule has 1 atom stereocenters. The van der Waals surface area contributed by atoms with Gasteiger partial charge in [0.1, 0.15) is 5.75 Å². The minimum Gasteiger partial charge on any atom is -0.508 e. The van der Waals surface area contributed by atoms with E-state index in [9.17, 15) is 20.0 Å². The van der Waals surface area contributed by atoms with E-state index in [4.69, 9.17) is 10.2 Å². The molecule has 0 radical (unpaired) electrons. The summed E-state index contributed by atoms with van der Waals surface area (Å²) in [5.74, 6) is -2.10. The summed E-state index contributed by atoms with van der Waals surface area (Å²) in [4.78, 5) is 20.0. The molecule has 0 heterocycles. The van der Waals surface area contributed by atoms with Crippen molar-refractivity contribution in [3.63, 3.8) is 0 Å². The van der Waals surface area contributed by atoms with Crippen molar-refractivity contribution in [1.29, 1.82) is 0 Å². The molecule has 1 unspecified atom stereocenters. The number of aliphatic hydroxyl groups excluding tert-OH is 1. The van der Waals surface area contributed by atoms with E-state index in [1.54, 1.807) is 0 Å². The molecular weight excluding hydrogens is 206 g/mol. The van der Waals surface area contributed by atoms with E-state index in [0.717, 1.165) is 18.2 Å². The molecule has 0 saturated heterocycles. The van der Waals surface area contributed by atoms with E-state index in [-0.39, 0.29) is 0 Å². The Morgan fingerprint density at radius 1 is 1.47 bits per heavy atom. The fraction of sp³-hybridized carbons (Fsp3) is 0.125. The van der Waals surface area contributed by atoms with E-state index >= 15 is 0 Å². The third-order valence-electron chi connectivity index (χ3n) is 1.75. The fourth-order valence-electron chi connectivity index (χ4n) is 1.01. The second-order valence-electron chi connectivity index (χ2n) is 2.74. The Morgan fingerprint density at radius 3 is 2.53 bits per heavy atom. The van der Waals surface area contributed by atoms with Crippen LogP contribution in [0.15, 0.2) is 18.2 Å². The van der Waals surface area contributed by atoms with Crippen molar-refractivity contribution < 1.29 is 25.0 Å². The van der Waals surface area contributed by atoms with E-state index < -0.39 is 34.0 Å². The molecule has 0 saturated carbocycles. The van der Waals surface area contributed by atoms with Gasteiger partial charge in [-0.05, 0) is 6.07 Å². The maximum absolute atomic E-state index is 10.4. The number of aliphatic hydroxyl groups is 1. The molecule has 0 aliphatic heterocycles. The SMILES string of the molecule is O=C(O)C(O)c1cc([N+](=O)[O-])ccc1O. The Bertz CT molecular complexity index is 416. The molecule has 0 spiro atoms. The largest absolute Gasteiger partial charge is 0.508 e. The monoisotopic (exact) mass is 213 g/mol. The zero-order valence-corrected chi connectivity index (χ0v) is 7.32. The highest BCUT2D eigenvalue weighted by molar-refractivity contribution is 5.75. The lowest BCUT2D eigenvalue weighted by Gasteiger charge is -2.07. The second-order valence-corrected chi connectivity index (χ2v) is 2.74. The van der Waals surface area contributed by atoms with E-state index in [1.807, 2.05) is 0 Å². The summed E-state index contributed by atoms with van der Waals surface area (Å²) >= 11 is 0. The van der Waals surface area contributed by atoms with Crippen LogP contribution in [-0.4, -0.2) is 26.2 Å². The lowest BCUT2D eigenvalue weighted by atomic mass is 10.1. The minimum atomic E-state index is -1.98. The summed E-state index contributed by atoms with van der Waals surface area (Å²) in [6.07, 6.45) is -1.98. The van der Waals surface area contributed by atoms with Gasteiger partial charge in [-0.25, -0.2) is 4.79 Å². The Hall–Kier alpha value is -2.15. The van der Waals surface area contributed by atoms with Gasteiger partial charge in [0.25, 0.3) is 5.69 Å². The van der Waals surface area contributed by atoms with E-state index in [0.29, 0.717) is 0 Å². The predicted octanol–water partition coefficient (Wildman–Crippen LogP) is 0.418. The average molecular weight is 213 g/mol. The summed E-state index contributed by atoms with van der Waals surface area (Å²) in [5.41, 5.74) is -0.806. The topological polar surface area (TPSA) is 121 Å². The smallest absolute Gasteiger partial charge is 0.337 e. The molecule has 0 amide bonds. The van der Waals surface area contributed by atoms with Crippen LogP contribution in [0.4, 0.5) is 5.69 Å². The van der Waals surface area contributed by atoms with Gasteiger partial charge < -0.3 is 15.3 Å². The van der Waals surface area contributed by atoms with Crippen molar-refractivity contribution in [1.82, 2.24) is 0 Å². The van der Waals surface area contributed by atoms with Crippen LogP contribution in [0.2, 0.25) is 0 Å². The molecular formula is C8H7NO6. The van der Waals surface area contributed by atoms with Crippen LogP contribution < -0.4 is 0 Å². The number of carbonyl (C=O) groups is 1. The lowest BCUT2D eigenvalue weighted by molar-refractivity contribution is -0.385. The molecule has 1 aromatic carbocycles. The number of hydrogen-bond donors (Lipinski definition) is 3. The Kier molecular flexibility index (Phi) is 2.86. The number of hydrogen-bond acceptors (Lipinski definition) is 5. The number of aromatic hydroxyl groups is 1. The number of nitro benzene ring substituents is 1. The van der Waals surface area contributed by atoms with Crippen molar-refractivity contribution in [3.8, 4) is 5.75 Å². The van der Waals surface area contributed by atoms with Crippen LogP contribution in [0.25, 0.3) is 0 Å². The Labute approximate surface area is 83.4 Å². The third-order valence-corrected chi connectivity index (χ3v) is 1.75. The molecule has 15 heavy (non-hydrogen) atoms. The van der Waals surface area contributed by atoms with Gasteiger partial charge in [0.2, 0.25) is 0 Å². The number of non-ortho nitro benzene ring substituents is 1. The summed E-state index contributed by atoms with van der Waals surface area (Å²) < 4.78 is 0. The van der Waals surface area contributed by atoms with Crippen LogP contribution >= 0.6 is 0 Å². The summed E-state index contributed by atoms with van der Waals surface area (Å²) in [6, 6.07) is 2.78. The maximum Gasteiger partial charge on any atom is 0.337 e. The molecule has 1 rings (SSSR count). The number of carboxylic acid groups (broad SMARTS) is 1. The van der Waals surface area contributed by atoms with Crippen molar-refractivity contribution in [2.75, 3.05) is 0 Å². The highest BCUT2D eigenvalue weighted by Gasteiger charge is 2.22. The van der Waals surface area contributed by atoms with Gasteiger partial charge in [-0.15, -0.1) is 0 Å². The van der Waals surface area contributed by atoms with Crippen LogP contribution in [0.5, 0.6) is 5.75 Å². The second kappa shape index (κ2) is 3.93. The van der Waals surface area contributed by atoms with Crippen molar-refractivity contribution in [2.45, 2.75) is 6.10 Å². The molecule has 3 N–H and O–H groups in total. The number of aliphatic carboxylic acids is 1. The molecule has 0 fully saturated rings. The van der Waals surface area contributed by atoms with Crippen LogP contribution in [-0.2, 0) is 4.79 Å². The zero-order valence-electron chi connectivity index (χ0n) is 7.32. The standard InChI is InChI=1S/C8H7NO6/c10-6-2-1-4(9(14)15)3-5(6)7(11)8(12)13/h1-3,7,10-11H,(H,12,13). The van der Waals surface area contributed by atoms with Gasteiger partial charge in [0, 0.05) is 17.7 Å². The van der Waals surface area contributed by atoms with E-state index in [2.05, 4.69) is 0 Å². The number of carboxylic acids is 1. The van der Waals surface area contributed by atoms with Crippen molar-refractivity contribution >= 4 is 11.7 Å². The first kappa shape index (κ1) is 10.9. The number of nitro groups is 1. The predicted molar refractivity (Wildman–Crippen MR) is 47.4 cm³/mol. The van der Waals surface area contributed by atoms with Crippen LogP contribution in [0.3, 0.4) is 0 Å². The van der Waals surface area contributed by atoms with Crippen LogP contribution in [0, 0.1) is 10.1 Å². The van der Waals surface area contributed by atoms with Crippen molar-refractivity contribution in [2.24, 2.45) is 0 Å². The molecule has 7 heteroatoms. The first-order chi connectivity index (χ1) is 6.93. The first-order valence-electron chi connectivity index (χ1n) is 3.81. The van der Waals surface area contributed by atoms with Gasteiger partial charge in [-0.2, -0.15) is 0 Å². The molecule has 0 aromatic heterocycles. The highest BCUT2D eigenvalue weighted by Crippen LogP contribution is 2.28. The zero-order chi connectivity index (χ0) is 11.6. The minimum absolute atomic E-state index is 0.400. The highest BCUT2D eigenvalue weighted by atomic mass is 16.6. The quantitative estimate of drug-likeness (QED) is 0.494. The maximum atomic E-state index is 10.4. The summed E-state index contributed by atoms with van der Waals surface area (Å²) in [7, 11) is 0. The lowest BCUT2D eigenvalue weighted by Crippen LogP contribution is -2.10. The van der Waals surface area contributed by atoms with E-state index in [1.165, 1.54) is 0 Å². The number of benzene rings is 1. The summed E-state index contributed by atoms with van der Waals surface area (Å²) in [6.45, 7) is 0. The van der Waals surface area contributed by atoms with Gasteiger partial charge in [-0.3, -0.25) is 10.1 Å². The molecule has 0 aliphatic carbocycles. The van der Waals surface area contributed by atoms with Crippen LogP contribution in [0.1, 0.15) is 11.7 Å². The molecule has 7 nitrogen and oxygen atoms in total. The third kappa shape index (κ3) is 2.20. The van der Waals surface area contributed by atoms with Crippen molar-refractivity contribution in [3.05, 3.63) is 33.9 Å².